The lowest BCUT2D eigenvalue weighted by Crippen LogP contribution is -2.14. The third-order valence-corrected chi connectivity index (χ3v) is 6.54. The Balaban J connectivity index is 2.34. The highest BCUT2D eigenvalue weighted by atomic mass is 127. The van der Waals surface area contributed by atoms with Crippen LogP contribution in [0.15, 0.2) is 29.2 Å². The molecule has 1 aromatic heterocycles. The molecule has 0 bridgehead atoms. The standard InChI is InChI=1S/C13H14ClIN2O2S2/c1-8-13(6-10(20-8)7-16-2)21(18,19)17-12-4-3-9(14)5-11(12)15/h3-6,16-17H,7H2,1-2H3. The molecule has 0 fully saturated rings. The van der Waals surface area contributed by atoms with Crippen molar-refractivity contribution in [2.45, 2.75) is 18.4 Å². The SMILES string of the molecule is CNCc1cc(S(=O)(=O)Nc2ccc(Cl)cc2I)c(C)s1. The molecule has 21 heavy (non-hydrogen) atoms. The van der Waals surface area contributed by atoms with Gasteiger partial charge in [-0.15, -0.1) is 11.3 Å². The predicted octanol–water partition coefficient (Wildman–Crippen LogP) is 3.83. The second-order valence-electron chi connectivity index (χ2n) is 4.39. The van der Waals surface area contributed by atoms with Crippen molar-refractivity contribution < 1.29 is 8.42 Å². The molecule has 0 saturated carbocycles. The first-order valence-electron chi connectivity index (χ1n) is 6.05. The van der Waals surface area contributed by atoms with E-state index in [0.717, 1.165) is 13.3 Å². The number of hydrogen-bond acceptors (Lipinski definition) is 4. The van der Waals surface area contributed by atoms with Gasteiger partial charge in [-0.1, -0.05) is 11.6 Å². The Morgan fingerprint density at radius 2 is 2.05 bits per heavy atom. The first-order valence-corrected chi connectivity index (χ1v) is 9.81. The predicted molar refractivity (Wildman–Crippen MR) is 96.8 cm³/mol. The summed E-state index contributed by atoms with van der Waals surface area (Å²) >= 11 is 9.41. The average Bonchev–Trinajstić information content (AvgIpc) is 2.75. The van der Waals surface area contributed by atoms with Gasteiger partial charge in [0, 0.05) is 24.9 Å². The zero-order valence-electron chi connectivity index (χ0n) is 11.4. The Hall–Kier alpha value is -0.350. The van der Waals surface area contributed by atoms with Gasteiger partial charge in [-0.2, -0.15) is 0 Å². The largest absolute Gasteiger partial charge is 0.315 e. The molecule has 1 heterocycles. The summed E-state index contributed by atoms with van der Waals surface area (Å²) in [4.78, 5) is 2.08. The highest BCUT2D eigenvalue weighted by molar-refractivity contribution is 14.1. The van der Waals surface area contributed by atoms with E-state index in [1.165, 1.54) is 11.3 Å². The van der Waals surface area contributed by atoms with Crippen molar-refractivity contribution in [3.05, 3.63) is 42.6 Å². The van der Waals surface area contributed by atoms with E-state index in [1.807, 2.05) is 14.0 Å². The zero-order valence-corrected chi connectivity index (χ0v) is 16.0. The van der Waals surface area contributed by atoms with Crippen LogP contribution in [0.2, 0.25) is 5.02 Å². The van der Waals surface area contributed by atoms with E-state index in [-0.39, 0.29) is 0 Å². The van der Waals surface area contributed by atoms with Crippen molar-refractivity contribution in [1.29, 1.82) is 0 Å². The third kappa shape index (κ3) is 4.10. The molecule has 0 aliphatic heterocycles. The quantitative estimate of drug-likeness (QED) is 0.672. The number of sulfonamides is 1. The second kappa shape index (κ2) is 6.82. The summed E-state index contributed by atoms with van der Waals surface area (Å²) in [5.74, 6) is 0. The molecule has 2 rings (SSSR count). The van der Waals surface area contributed by atoms with Gasteiger partial charge in [0.05, 0.1) is 5.69 Å². The summed E-state index contributed by atoms with van der Waals surface area (Å²) in [6.07, 6.45) is 0. The van der Waals surface area contributed by atoms with Gasteiger partial charge in [0.1, 0.15) is 4.90 Å². The smallest absolute Gasteiger partial charge is 0.263 e. The van der Waals surface area contributed by atoms with E-state index in [0.29, 0.717) is 22.2 Å². The summed E-state index contributed by atoms with van der Waals surface area (Å²) in [6.45, 7) is 2.46. The highest BCUT2D eigenvalue weighted by Crippen LogP contribution is 2.29. The van der Waals surface area contributed by atoms with Crippen LogP contribution in [0.25, 0.3) is 0 Å². The van der Waals surface area contributed by atoms with E-state index in [2.05, 4.69) is 32.6 Å². The minimum Gasteiger partial charge on any atom is -0.315 e. The molecule has 4 nitrogen and oxygen atoms in total. The number of halogens is 2. The second-order valence-corrected chi connectivity index (χ2v) is 8.98. The van der Waals surface area contributed by atoms with Crippen molar-refractivity contribution in [3.63, 3.8) is 0 Å². The molecule has 0 aliphatic rings. The first-order chi connectivity index (χ1) is 9.83. The minimum absolute atomic E-state index is 0.323. The van der Waals surface area contributed by atoms with E-state index in [4.69, 9.17) is 11.6 Å². The van der Waals surface area contributed by atoms with E-state index >= 15 is 0 Å². The molecule has 8 heteroatoms. The lowest BCUT2D eigenvalue weighted by atomic mass is 10.3. The van der Waals surface area contributed by atoms with Gasteiger partial charge >= 0.3 is 0 Å². The summed E-state index contributed by atoms with van der Waals surface area (Å²) < 4.78 is 28.4. The monoisotopic (exact) mass is 456 g/mol. The Morgan fingerprint density at radius 3 is 2.67 bits per heavy atom. The summed E-state index contributed by atoms with van der Waals surface area (Å²) in [5, 5.41) is 3.59. The minimum atomic E-state index is -3.59. The number of benzene rings is 1. The lowest BCUT2D eigenvalue weighted by Gasteiger charge is -2.09. The molecule has 0 atom stereocenters. The fourth-order valence-corrected chi connectivity index (χ4v) is 5.74. The topological polar surface area (TPSA) is 58.2 Å². The van der Waals surface area contributed by atoms with Gasteiger partial charge in [0.25, 0.3) is 10.0 Å². The van der Waals surface area contributed by atoms with Crippen molar-refractivity contribution in [2.75, 3.05) is 11.8 Å². The summed E-state index contributed by atoms with van der Waals surface area (Å²) in [5.41, 5.74) is 0.528. The van der Waals surface area contributed by atoms with Crippen LogP contribution in [-0.2, 0) is 16.6 Å². The molecular weight excluding hydrogens is 443 g/mol. The molecular formula is C13H14ClIN2O2S2. The van der Waals surface area contributed by atoms with Crippen molar-refractivity contribution >= 4 is 61.2 Å². The highest BCUT2D eigenvalue weighted by Gasteiger charge is 2.20. The Bertz CT molecular complexity index is 760. The van der Waals surface area contributed by atoms with Gasteiger partial charge in [-0.05, 0) is 60.8 Å². The summed E-state index contributed by atoms with van der Waals surface area (Å²) in [6, 6.07) is 6.75. The number of thiophene rings is 1. The maximum atomic E-state index is 12.5. The maximum Gasteiger partial charge on any atom is 0.263 e. The number of anilines is 1. The molecule has 2 N–H and O–H groups in total. The number of rotatable bonds is 5. The molecule has 0 radical (unpaired) electrons. The van der Waals surface area contributed by atoms with Gasteiger partial charge in [-0.25, -0.2) is 8.42 Å². The maximum absolute atomic E-state index is 12.5. The molecule has 1 aromatic carbocycles. The fraction of sp³-hybridized carbons (Fsp3) is 0.231. The normalized spacial score (nSPS) is 11.6. The van der Waals surface area contributed by atoms with Gasteiger partial charge < -0.3 is 5.32 Å². The van der Waals surface area contributed by atoms with Crippen molar-refractivity contribution in [3.8, 4) is 0 Å². The third-order valence-electron chi connectivity index (χ3n) is 2.74. The van der Waals surface area contributed by atoms with Crippen LogP contribution in [0.1, 0.15) is 9.75 Å². The Morgan fingerprint density at radius 1 is 1.33 bits per heavy atom. The van der Waals surface area contributed by atoms with Crippen LogP contribution in [0, 0.1) is 10.5 Å². The molecule has 0 spiro atoms. The zero-order chi connectivity index (χ0) is 15.6. The average molecular weight is 457 g/mol. The van der Waals surface area contributed by atoms with Crippen LogP contribution >= 0.6 is 45.5 Å². The molecule has 0 saturated heterocycles. The van der Waals surface area contributed by atoms with E-state index < -0.39 is 10.0 Å². The van der Waals surface area contributed by atoms with Gasteiger partial charge in [0.15, 0.2) is 0 Å². The van der Waals surface area contributed by atoms with Gasteiger partial charge in [0.2, 0.25) is 0 Å². The number of nitrogens with one attached hydrogen (secondary N) is 2. The van der Waals surface area contributed by atoms with Gasteiger partial charge in [-0.3, -0.25) is 4.72 Å². The van der Waals surface area contributed by atoms with E-state index in [1.54, 1.807) is 24.3 Å². The van der Waals surface area contributed by atoms with Crippen LogP contribution in [0.5, 0.6) is 0 Å². The van der Waals surface area contributed by atoms with Crippen molar-refractivity contribution in [2.24, 2.45) is 0 Å². The number of hydrogen-bond donors (Lipinski definition) is 2. The van der Waals surface area contributed by atoms with Crippen LogP contribution in [-0.4, -0.2) is 15.5 Å². The van der Waals surface area contributed by atoms with Crippen LogP contribution < -0.4 is 10.0 Å². The Kier molecular flexibility index (Phi) is 5.53. The first kappa shape index (κ1) is 17.0. The molecule has 0 amide bonds. The van der Waals surface area contributed by atoms with Crippen LogP contribution in [0.3, 0.4) is 0 Å². The molecule has 0 aliphatic carbocycles. The molecule has 114 valence electrons. The molecule has 2 aromatic rings. The fourth-order valence-electron chi connectivity index (χ4n) is 1.82. The lowest BCUT2D eigenvalue weighted by molar-refractivity contribution is 0.601. The number of aryl methyl sites for hydroxylation is 1. The summed E-state index contributed by atoms with van der Waals surface area (Å²) in [7, 11) is -1.76. The molecule has 0 unspecified atom stereocenters. The van der Waals surface area contributed by atoms with Crippen LogP contribution in [0.4, 0.5) is 5.69 Å². The van der Waals surface area contributed by atoms with E-state index in [9.17, 15) is 8.42 Å². The van der Waals surface area contributed by atoms with Crippen molar-refractivity contribution in [1.82, 2.24) is 5.32 Å². The Labute approximate surface area is 147 Å².